The van der Waals surface area contributed by atoms with Crippen LogP contribution in [0.1, 0.15) is 37.0 Å². The Balaban J connectivity index is 2.58. The Hall–Kier alpha value is -1.84. The number of nitrogens with one attached hydrogen (secondary N) is 1. The molecule has 1 atom stereocenters. The van der Waals surface area contributed by atoms with Gasteiger partial charge in [-0.05, 0) is 30.2 Å². The fourth-order valence-corrected chi connectivity index (χ4v) is 1.48. The summed E-state index contributed by atoms with van der Waals surface area (Å²) in [5, 5.41) is 2.80. The van der Waals surface area contributed by atoms with Crippen LogP contribution in [0.25, 0.3) is 0 Å². The van der Waals surface area contributed by atoms with E-state index >= 15 is 0 Å². The van der Waals surface area contributed by atoms with Gasteiger partial charge in [-0.15, -0.1) is 0 Å². The zero-order chi connectivity index (χ0) is 13.5. The van der Waals surface area contributed by atoms with E-state index in [0.717, 1.165) is 6.42 Å². The van der Waals surface area contributed by atoms with Crippen LogP contribution in [0.4, 0.5) is 5.69 Å². The molecule has 0 radical (unpaired) electrons. The number of amides is 1. The molecule has 0 aliphatic carbocycles. The second kappa shape index (κ2) is 6.79. The highest BCUT2D eigenvalue weighted by Crippen LogP contribution is 2.13. The highest BCUT2D eigenvalue weighted by molar-refractivity contribution is 5.93. The van der Waals surface area contributed by atoms with Crippen LogP contribution in [-0.4, -0.2) is 19.0 Å². The average molecular weight is 249 g/mol. The lowest BCUT2D eigenvalue weighted by Gasteiger charge is -2.09. The van der Waals surface area contributed by atoms with Gasteiger partial charge in [-0.3, -0.25) is 4.79 Å². The van der Waals surface area contributed by atoms with Gasteiger partial charge in [0.05, 0.1) is 12.7 Å². The fraction of sp³-hybridized carbons (Fsp3) is 0.429. The first-order valence-corrected chi connectivity index (χ1v) is 6.05. The van der Waals surface area contributed by atoms with Gasteiger partial charge in [0.25, 0.3) is 0 Å². The molecule has 0 fully saturated rings. The van der Waals surface area contributed by atoms with Crippen LogP contribution < -0.4 is 5.32 Å². The van der Waals surface area contributed by atoms with E-state index in [4.69, 9.17) is 0 Å². The van der Waals surface area contributed by atoms with E-state index < -0.39 is 0 Å². The van der Waals surface area contributed by atoms with E-state index in [1.54, 1.807) is 24.3 Å². The number of ether oxygens (including phenoxy) is 1. The molecule has 0 saturated carbocycles. The van der Waals surface area contributed by atoms with Gasteiger partial charge in [-0.1, -0.05) is 20.3 Å². The first-order chi connectivity index (χ1) is 8.56. The Bertz CT molecular complexity index is 412. The third-order valence-corrected chi connectivity index (χ3v) is 2.82. The van der Waals surface area contributed by atoms with Gasteiger partial charge < -0.3 is 10.1 Å². The molecule has 0 bridgehead atoms. The van der Waals surface area contributed by atoms with Crippen LogP contribution in [0.3, 0.4) is 0 Å². The van der Waals surface area contributed by atoms with Gasteiger partial charge in [-0.25, -0.2) is 4.79 Å². The largest absolute Gasteiger partial charge is 0.465 e. The molecule has 0 spiro atoms. The minimum atomic E-state index is -0.382. The maximum absolute atomic E-state index is 11.7. The zero-order valence-corrected chi connectivity index (χ0v) is 11.0. The predicted octanol–water partition coefficient (Wildman–Crippen LogP) is 2.85. The summed E-state index contributed by atoms with van der Waals surface area (Å²) in [6.07, 6.45) is 1.49. The lowest BCUT2D eigenvalue weighted by molar-refractivity contribution is -0.117. The standard InChI is InChI=1S/C14H19NO3/c1-4-10(2)9-13(16)15-12-7-5-11(6-8-12)14(17)18-3/h5-8,10H,4,9H2,1-3H3,(H,15,16). The topological polar surface area (TPSA) is 55.4 Å². The van der Waals surface area contributed by atoms with Crippen molar-refractivity contribution in [2.75, 3.05) is 12.4 Å². The molecule has 0 saturated heterocycles. The summed E-state index contributed by atoms with van der Waals surface area (Å²) in [6.45, 7) is 4.10. The van der Waals surface area contributed by atoms with E-state index in [2.05, 4.69) is 17.0 Å². The molecule has 1 aromatic carbocycles. The molecule has 0 heterocycles. The predicted molar refractivity (Wildman–Crippen MR) is 70.5 cm³/mol. The molecule has 1 aromatic rings. The maximum Gasteiger partial charge on any atom is 0.337 e. The molecule has 1 N–H and O–H groups in total. The van der Waals surface area contributed by atoms with E-state index in [0.29, 0.717) is 23.6 Å². The van der Waals surface area contributed by atoms with Gasteiger partial charge in [0.15, 0.2) is 0 Å². The molecule has 0 aliphatic heterocycles. The molecular weight excluding hydrogens is 230 g/mol. The Labute approximate surface area is 107 Å². The summed E-state index contributed by atoms with van der Waals surface area (Å²) in [7, 11) is 1.34. The minimum absolute atomic E-state index is 0.00447. The number of hydrogen-bond donors (Lipinski definition) is 1. The van der Waals surface area contributed by atoms with Crippen molar-refractivity contribution in [3.63, 3.8) is 0 Å². The van der Waals surface area contributed by atoms with Crippen LogP contribution >= 0.6 is 0 Å². The first kappa shape index (κ1) is 14.2. The molecular formula is C14H19NO3. The van der Waals surface area contributed by atoms with Crippen LogP contribution in [0.5, 0.6) is 0 Å². The molecule has 0 aromatic heterocycles. The lowest BCUT2D eigenvalue weighted by atomic mass is 10.0. The molecule has 4 heteroatoms. The van der Waals surface area contributed by atoms with E-state index in [-0.39, 0.29) is 11.9 Å². The molecule has 1 unspecified atom stereocenters. The third kappa shape index (κ3) is 4.20. The molecule has 98 valence electrons. The molecule has 4 nitrogen and oxygen atoms in total. The monoisotopic (exact) mass is 249 g/mol. The Morgan fingerprint density at radius 1 is 1.28 bits per heavy atom. The van der Waals surface area contributed by atoms with E-state index in [1.807, 2.05) is 6.92 Å². The maximum atomic E-state index is 11.7. The summed E-state index contributed by atoms with van der Waals surface area (Å²) < 4.78 is 4.60. The number of benzene rings is 1. The van der Waals surface area contributed by atoms with Gasteiger partial charge in [0, 0.05) is 12.1 Å². The van der Waals surface area contributed by atoms with Gasteiger partial charge in [-0.2, -0.15) is 0 Å². The summed E-state index contributed by atoms with van der Waals surface area (Å²) in [5.74, 6) is -0.0120. The quantitative estimate of drug-likeness (QED) is 0.816. The number of anilines is 1. The van der Waals surface area contributed by atoms with Crippen LogP contribution in [0, 0.1) is 5.92 Å². The molecule has 1 amide bonds. The van der Waals surface area contributed by atoms with Crippen molar-refractivity contribution >= 4 is 17.6 Å². The number of hydrogen-bond acceptors (Lipinski definition) is 3. The Morgan fingerprint density at radius 3 is 2.39 bits per heavy atom. The molecule has 1 rings (SSSR count). The van der Waals surface area contributed by atoms with Gasteiger partial charge in [0.2, 0.25) is 5.91 Å². The Morgan fingerprint density at radius 2 is 1.89 bits per heavy atom. The molecule has 0 aliphatic rings. The van der Waals surface area contributed by atoms with Crippen molar-refractivity contribution in [1.29, 1.82) is 0 Å². The number of carbonyl (C=O) groups excluding carboxylic acids is 2. The smallest absolute Gasteiger partial charge is 0.337 e. The second-order valence-electron chi connectivity index (χ2n) is 4.33. The van der Waals surface area contributed by atoms with Crippen molar-refractivity contribution in [3.8, 4) is 0 Å². The third-order valence-electron chi connectivity index (χ3n) is 2.82. The summed E-state index contributed by atoms with van der Waals surface area (Å²) >= 11 is 0. The second-order valence-corrected chi connectivity index (χ2v) is 4.33. The van der Waals surface area contributed by atoms with Gasteiger partial charge in [0.1, 0.15) is 0 Å². The van der Waals surface area contributed by atoms with Gasteiger partial charge >= 0.3 is 5.97 Å². The normalized spacial score (nSPS) is 11.7. The van der Waals surface area contributed by atoms with E-state index in [9.17, 15) is 9.59 Å². The summed E-state index contributed by atoms with van der Waals surface area (Å²) in [4.78, 5) is 22.9. The zero-order valence-electron chi connectivity index (χ0n) is 11.0. The number of carbonyl (C=O) groups is 2. The lowest BCUT2D eigenvalue weighted by Crippen LogP contribution is -2.14. The van der Waals surface area contributed by atoms with Crippen LogP contribution in [0.15, 0.2) is 24.3 Å². The first-order valence-electron chi connectivity index (χ1n) is 6.05. The van der Waals surface area contributed by atoms with Crippen LogP contribution in [0.2, 0.25) is 0 Å². The number of methoxy groups -OCH3 is 1. The number of rotatable bonds is 5. The van der Waals surface area contributed by atoms with Crippen molar-refractivity contribution < 1.29 is 14.3 Å². The average Bonchev–Trinajstić information content (AvgIpc) is 2.38. The Kier molecular flexibility index (Phi) is 5.36. The van der Waals surface area contributed by atoms with E-state index in [1.165, 1.54) is 7.11 Å². The highest BCUT2D eigenvalue weighted by Gasteiger charge is 2.08. The van der Waals surface area contributed by atoms with Crippen LogP contribution in [-0.2, 0) is 9.53 Å². The number of esters is 1. The van der Waals surface area contributed by atoms with Crippen molar-refractivity contribution in [2.24, 2.45) is 5.92 Å². The van der Waals surface area contributed by atoms with Crippen molar-refractivity contribution in [1.82, 2.24) is 0 Å². The fourth-order valence-electron chi connectivity index (χ4n) is 1.48. The molecule has 18 heavy (non-hydrogen) atoms. The SMILES string of the molecule is CCC(C)CC(=O)Nc1ccc(C(=O)OC)cc1. The summed E-state index contributed by atoms with van der Waals surface area (Å²) in [6, 6.07) is 6.65. The summed E-state index contributed by atoms with van der Waals surface area (Å²) in [5.41, 5.74) is 1.16. The minimum Gasteiger partial charge on any atom is -0.465 e. The highest BCUT2D eigenvalue weighted by atomic mass is 16.5. The van der Waals surface area contributed by atoms with Crippen molar-refractivity contribution in [2.45, 2.75) is 26.7 Å². The van der Waals surface area contributed by atoms with Crippen molar-refractivity contribution in [3.05, 3.63) is 29.8 Å².